The second-order valence-corrected chi connectivity index (χ2v) is 6.16. The molecule has 2 heterocycles. The normalized spacial score (nSPS) is 21.0. The van der Waals surface area contributed by atoms with Gasteiger partial charge < -0.3 is 10.0 Å². The summed E-state index contributed by atoms with van der Waals surface area (Å²) in [6, 6.07) is 7.22. The van der Waals surface area contributed by atoms with Gasteiger partial charge in [0.2, 0.25) is 5.91 Å². The number of likely N-dealkylation sites (tertiary alicyclic amines) is 1. The molecule has 0 aliphatic carbocycles. The van der Waals surface area contributed by atoms with Crippen molar-refractivity contribution in [3.8, 4) is 0 Å². The van der Waals surface area contributed by atoms with Crippen molar-refractivity contribution < 1.29 is 27.9 Å². The molecule has 0 radical (unpaired) electrons. The van der Waals surface area contributed by atoms with Crippen LogP contribution in [0.15, 0.2) is 24.3 Å². The average molecular weight is 355 g/mol. The maximum absolute atomic E-state index is 13.0. The van der Waals surface area contributed by atoms with E-state index in [1.165, 1.54) is 0 Å². The fourth-order valence-electron chi connectivity index (χ4n) is 3.26. The average Bonchev–Trinajstić information content (AvgIpc) is 3.11. The maximum atomic E-state index is 13.0. The molecule has 9 heteroatoms. The lowest BCUT2D eigenvalue weighted by atomic mass is 9.96. The molecule has 2 atom stereocenters. The first kappa shape index (κ1) is 17.2. The molecule has 3 rings (SSSR count). The molecule has 0 spiro atoms. The van der Waals surface area contributed by atoms with Crippen molar-refractivity contribution in [1.29, 1.82) is 0 Å². The number of rotatable bonds is 3. The Morgan fingerprint density at radius 1 is 1.28 bits per heavy atom. The molecule has 2 aromatic rings. The summed E-state index contributed by atoms with van der Waals surface area (Å²) in [6.45, 7) is -1.08. The summed E-state index contributed by atoms with van der Waals surface area (Å²) in [4.78, 5) is 24.5. The van der Waals surface area contributed by atoms with Gasteiger partial charge in [0.25, 0.3) is 0 Å². The molecule has 1 aliphatic rings. The lowest BCUT2D eigenvalue weighted by molar-refractivity contribution is -0.188. The highest BCUT2D eigenvalue weighted by Gasteiger charge is 2.53. The summed E-state index contributed by atoms with van der Waals surface area (Å²) in [5, 5.41) is 14.0. The van der Waals surface area contributed by atoms with E-state index in [2.05, 4.69) is 5.10 Å². The van der Waals surface area contributed by atoms with Gasteiger partial charge in [0.05, 0.1) is 29.5 Å². The predicted octanol–water partition coefficient (Wildman–Crippen LogP) is 1.84. The third-order valence-electron chi connectivity index (χ3n) is 4.56. The van der Waals surface area contributed by atoms with Crippen LogP contribution in [-0.2, 0) is 23.1 Å². The van der Waals surface area contributed by atoms with Gasteiger partial charge in [0.15, 0.2) is 0 Å². The predicted molar refractivity (Wildman–Crippen MR) is 81.7 cm³/mol. The molecule has 0 unspecified atom stereocenters. The van der Waals surface area contributed by atoms with Crippen molar-refractivity contribution in [3.05, 3.63) is 30.0 Å². The molecular formula is C16H16F3N3O3. The summed E-state index contributed by atoms with van der Waals surface area (Å²) < 4.78 is 40.7. The number of para-hydroxylation sites is 1. The molecule has 6 nitrogen and oxygen atoms in total. The second kappa shape index (κ2) is 6.05. The Bertz CT molecular complexity index is 831. The van der Waals surface area contributed by atoms with E-state index in [9.17, 15) is 22.8 Å². The second-order valence-electron chi connectivity index (χ2n) is 6.16. The zero-order valence-electron chi connectivity index (χ0n) is 13.3. The first-order chi connectivity index (χ1) is 11.7. The fraction of sp³-hybridized carbons (Fsp3) is 0.438. The Hall–Kier alpha value is -2.58. The SMILES string of the molecule is Cn1nc(CC(=O)N2C[C@@H](C(F)(F)F)[C@H](C(=O)O)C2)c2ccccc21. The molecule has 1 N–H and O–H groups in total. The summed E-state index contributed by atoms with van der Waals surface area (Å²) in [5.41, 5.74) is 1.27. The number of halogens is 3. The number of carbonyl (C=O) groups is 2. The zero-order chi connectivity index (χ0) is 18.4. The van der Waals surface area contributed by atoms with Crippen LogP contribution in [0.5, 0.6) is 0 Å². The number of aliphatic carboxylic acids is 1. The van der Waals surface area contributed by atoms with Crippen molar-refractivity contribution in [2.24, 2.45) is 18.9 Å². The van der Waals surface area contributed by atoms with Crippen LogP contribution in [0.1, 0.15) is 5.69 Å². The Morgan fingerprint density at radius 3 is 2.56 bits per heavy atom. The van der Waals surface area contributed by atoms with Gasteiger partial charge in [-0.2, -0.15) is 18.3 Å². The van der Waals surface area contributed by atoms with Gasteiger partial charge in [-0.3, -0.25) is 14.3 Å². The Balaban J connectivity index is 1.81. The highest BCUT2D eigenvalue weighted by Crippen LogP contribution is 2.38. The monoisotopic (exact) mass is 355 g/mol. The smallest absolute Gasteiger partial charge is 0.394 e. The van der Waals surface area contributed by atoms with Gasteiger partial charge in [-0.25, -0.2) is 0 Å². The number of fused-ring (bicyclic) bond motifs is 1. The number of hydrogen-bond acceptors (Lipinski definition) is 3. The van der Waals surface area contributed by atoms with Gasteiger partial charge in [-0.15, -0.1) is 0 Å². The van der Waals surface area contributed by atoms with Gasteiger partial charge in [0.1, 0.15) is 0 Å². The van der Waals surface area contributed by atoms with Crippen molar-refractivity contribution in [2.45, 2.75) is 12.6 Å². The molecule has 1 fully saturated rings. The molecule has 1 saturated heterocycles. The van der Waals surface area contributed by atoms with Crippen molar-refractivity contribution in [1.82, 2.24) is 14.7 Å². The van der Waals surface area contributed by atoms with Crippen LogP contribution in [-0.4, -0.2) is 50.9 Å². The highest BCUT2D eigenvalue weighted by molar-refractivity contribution is 5.88. The van der Waals surface area contributed by atoms with Gasteiger partial charge in [0, 0.05) is 25.5 Å². The van der Waals surface area contributed by atoms with Crippen LogP contribution >= 0.6 is 0 Å². The Kier molecular flexibility index (Phi) is 4.18. The van der Waals surface area contributed by atoms with Crippen LogP contribution in [0, 0.1) is 11.8 Å². The molecule has 0 saturated carbocycles. The lowest BCUT2D eigenvalue weighted by Gasteiger charge is -2.18. The summed E-state index contributed by atoms with van der Waals surface area (Å²) in [6.07, 6.45) is -4.83. The van der Waals surface area contributed by atoms with E-state index in [1.54, 1.807) is 23.9 Å². The van der Waals surface area contributed by atoms with E-state index in [0.717, 1.165) is 15.8 Å². The number of aryl methyl sites for hydroxylation is 1. The molecule has 134 valence electrons. The minimum absolute atomic E-state index is 0.168. The molecule has 1 aliphatic heterocycles. The number of amides is 1. The number of nitrogens with zero attached hydrogens (tertiary/aromatic N) is 3. The van der Waals surface area contributed by atoms with Crippen molar-refractivity contribution in [2.75, 3.05) is 13.1 Å². The van der Waals surface area contributed by atoms with Gasteiger partial charge >= 0.3 is 12.1 Å². The third-order valence-corrected chi connectivity index (χ3v) is 4.56. The van der Waals surface area contributed by atoms with Crippen LogP contribution in [0.3, 0.4) is 0 Å². The molecule has 1 aromatic heterocycles. The molecular weight excluding hydrogens is 339 g/mol. The summed E-state index contributed by atoms with van der Waals surface area (Å²) in [5.74, 6) is -5.78. The summed E-state index contributed by atoms with van der Waals surface area (Å²) >= 11 is 0. The summed E-state index contributed by atoms with van der Waals surface area (Å²) in [7, 11) is 1.71. The van der Waals surface area contributed by atoms with Crippen LogP contribution in [0.25, 0.3) is 10.9 Å². The van der Waals surface area contributed by atoms with E-state index in [4.69, 9.17) is 5.11 Å². The van der Waals surface area contributed by atoms with Gasteiger partial charge in [-0.1, -0.05) is 18.2 Å². The molecule has 1 aromatic carbocycles. The molecule has 1 amide bonds. The zero-order valence-corrected chi connectivity index (χ0v) is 13.3. The lowest BCUT2D eigenvalue weighted by Crippen LogP contribution is -2.34. The molecule has 0 bridgehead atoms. The van der Waals surface area contributed by atoms with E-state index in [0.29, 0.717) is 5.69 Å². The fourth-order valence-corrected chi connectivity index (χ4v) is 3.26. The topological polar surface area (TPSA) is 75.4 Å². The van der Waals surface area contributed by atoms with Crippen molar-refractivity contribution >= 4 is 22.8 Å². The van der Waals surface area contributed by atoms with E-state index < -0.39 is 43.0 Å². The Morgan fingerprint density at radius 2 is 1.96 bits per heavy atom. The molecule has 25 heavy (non-hydrogen) atoms. The highest BCUT2D eigenvalue weighted by atomic mass is 19.4. The number of carboxylic acid groups (broad SMARTS) is 1. The van der Waals surface area contributed by atoms with E-state index in [-0.39, 0.29) is 6.42 Å². The maximum Gasteiger partial charge on any atom is 0.394 e. The number of hydrogen-bond donors (Lipinski definition) is 1. The number of benzene rings is 1. The first-order valence-corrected chi connectivity index (χ1v) is 7.66. The number of carboxylic acids is 1. The minimum atomic E-state index is -4.66. The Labute approximate surface area is 140 Å². The largest absolute Gasteiger partial charge is 0.481 e. The van der Waals surface area contributed by atoms with E-state index in [1.807, 2.05) is 12.1 Å². The number of aromatic nitrogens is 2. The quantitative estimate of drug-likeness (QED) is 0.912. The third kappa shape index (κ3) is 3.18. The number of carbonyl (C=O) groups excluding carboxylic acids is 1. The van der Waals surface area contributed by atoms with Crippen LogP contribution in [0.4, 0.5) is 13.2 Å². The van der Waals surface area contributed by atoms with Crippen molar-refractivity contribution in [3.63, 3.8) is 0 Å². The number of alkyl halides is 3. The van der Waals surface area contributed by atoms with Crippen LogP contribution in [0.2, 0.25) is 0 Å². The van der Waals surface area contributed by atoms with E-state index >= 15 is 0 Å². The first-order valence-electron chi connectivity index (χ1n) is 7.66. The van der Waals surface area contributed by atoms with Gasteiger partial charge in [-0.05, 0) is 6.07 Å². The minimum Gasteiger partial charge on any atom is -0.481 e. The van der Waals surface area contributed by atoms with Crippen LogP contribution < -0.4 is 0 Å². The standard InChI is InChI=1S/C16H16F3N3O3/c1-21-13-5-3-2-4-9(13)12(20-21)6-14(23)22-7-10(15(24)25)11(8-22)16(17,18)19/h2-5,10-11H,6-8H2,1H3,(H,24,25)/t10-,11-/m1/s1.